The van der Waals surface area contributed by atoms with Crippen molar-refractivity contribution in [1.82, 2.24) is 0 Å². The molecule has 3 aliphatic carbocycles. The lowest BCUT2D eigenvalue weighted by atomic mass is 9.96. The maximum atomic E-state index is 10.9. The lowest BCUT2D eigenvalue weighted by Crippen LogP contribution is -2.12. The minimum atomic E-state index is 0.435. The zero-order chi connectivity index (χ0) is 15.1. The first kappa shape index (κ1) is 16.5. The van der Waals surface area contributed by atoms with Crippen molar-refractivity contribution in [2.24, 2.45) is 16.8 Å². The van der Waals surface area contributed by atoms with Gasteiger partial charge in [0, 0.05) is 24.1 Å². The fraction of sp³-hybridized carbons (Fsp3) is 0.789. The molecule has 3 fully saturated rings. The van der Waals surface area contributed by atoms with E-state index < -0.39 is 0 Å². The predicted molar refractivity (Wildman–Crippen MR) is 89.9 cm³/mol. The van der Waals surface area contributed by atoms with Gasteiger partial charge in [-0.3, -0.25) is 9.79 Å². The molecule has 0 radical (unpaired) electrons. The van der Waals surface area contributed by atoms with Gasteiger partial charge in [0.2, 0.25) is 0 Å². The van der Waals surface area contributed by atoms with E-state index in [9.17, 15) is 4.79 Å². The monoisotopic (exact) mass is 289 g/mol. The zero-order valence-electron chi connectivity index (χ0n) is 13.7. The highest BCUT2D eigenvalue weighted by molar-refractivity contribution is 5.86. The van der Waals surface area contributed by atoms with Crippen LogP contribution >= 0.6 is 0 Å². The Hall–Kier alpha value is -0.920. The number of ketones is 1. The molecule has 0 aromatic carbocycles. The highest BCUT2D eigenvalue weighted by Gasteiger charge is 2.28. The van der Waals surface area contributed by atoms with Crippen LogP contribution in [0, 0.1) is 11.8 Å². The van der Waals surface area contributed by atoms with Gasteiger partial charge in [-0.25, -0.2) is 0 Å². The minimum absolute atomic E-state index is 0.435. The fourth-order valence-electron chi connectivity index (χ4n) is 2.96. The van der Waals surface area contributed by atoms with E-state index in [0.717, 1.165) is 25.2 Å². The topological polar surface area (TPSA) is 29.4 Å². The molecule has 0 N–H and O–H groups in total. The van der Waals surface area contributed by atoms with Gasteiger partial charge in [-0.2, -0.15) is 0 Å². The molecule has 21 heavy (non-hydrogen) atoms. The second kappa shape index (κ2) is 8.51. The average Bonchev–Trinajstić information content (AvgIpc) is 3.38. The Morgan fingerprint density at radius 3 is 2.19 bits per heavy atom. The molecule has 0 atom stereocenters. The van der Waals surface area contributed by atoms with Crippen molar-refractivity contribution in [3.8, 4) is 0 Å². The molecule has 0 aliphatic heterocycles. The summed E-state index contributed by atoms with van der Waals surface area (Å²) in [6, 6.07) is 0.694. The average molecular weight is 289 g/mol. The first-order chi connectivity index (χ1) is 10.2. The molecule has 3 saturated carbocycles. The third kappa shape index (κ3) is 6.58. The van der Waals surface area contributed by atoms with Crippen LogP contribution in [-0.4, -0.2) is 17.5 Å². The van der Waals surface area contributed by atoms with Gasteiger partial charge in [-0.1, -0.05) is 25.3 Å². The zero-order valence-corrected chi connectivity index (χ0v) is 13.7. The van der Waals surface area contributed by atoms with Crippen LogP contribution in [-0.2, 0) is 4.79 Å². The summed E-state index contributed by atoms with van der Waals surface area (Å²) < 4.78 is 0. The van der Waals surface area contributed by atoms with Gasteiger partial charge in [0.05, 0.1) is 0 Å². The maximum Gasteiger partial charge on any atom is 0.136 e. The number of allylic oxidation sites excluding steroid dienone is 1. The van der Waals surface area contributed by atoms with Gasteiger partial charge in [-0.05, 0) is 57.8 Å². The number of Topliss-reactive ketones (excluding diaryl/α,β-unsaturated/α-hetero) is 1. The van der Waals surface area contributed by atoms with Gasteiger partial charge in [-0.15, -0.1) is 6.58 Å². The summed E-state index contributed by atoms with van der Waals surface area (Å²) in [6.07, 6.45) is 15.4. The first-order valence-corrected chi connectivity index (χ1v) is 8.88. The van der Waals surface area contributed by atoms with Gasteiger partial charge in [0.25, 0.3) is 0 Å². The molecular formula is C19H31NO. The summed E-state index contributed by atoms with van der Waals surface area (Å²) in [4.78, 5) is 15.7. The Kier molecular flexibility index (Phi) is 6.66. The van der Waals surface area contributed by atoms with E-state index in [4.69, 9.17) is 4.99 Å². The number of rotatable bonds is 6. The van der Waals surface area contributed by atoms with Crippen LogP contribution in [0.2, 0.25) is 0 Å². The molecule has 0 aromatic rings. The van der Waals surface area contributed by atoms with Crippen LogP contribution in [0.25, 0.3) is 0 Å². The van der Waals surface area contributed by atoms with E-state index >= 15 is 0 Å². The molecule has 2 heteroatoms. The van der Waals surface area contributed by atoms with Gasteiger partial charge < -0.3 is 0 Å². The number of carbonyl (C=O) groups excluding carboxylic acids is 1. The Bertz CT molecular complexity index is 371. The van der Waals surface area contributed by atoms with Crippen LogP contribution in [0.1, 0.15) is 77.6 Å². The second-order valence-electron chi connectivity index (χ2n) is 6.90. The highest BCUT2D eigenvalue weighted by Crippen LogP contribution is 2.32. The van der Waals surface area contributed by atoms with Crippen LogP contribution in [0.15, 0.2) is 17.6 Å². The van der Waals surface area contributed by atoms with E-state index in [1.54, 1.807) is 6.08 Å². The van der Waals surface area contributed by atoms with Crippen molar-refractivity contribution >= 4 is 11.5 Å². The van der Waals surface area contributed by atoms with Crippen LogP contribution in [0.3, 0.4) is 0 Å². The Morgan fingerprint density at radius 2 is 1.67 bits per heavy atom. The molecule has 2 nitrogen and oxygen atoms in total. The molecule has 3 aliphatic rings. The molecule has 0 spiro atoms. The number of nitrogens with zero attached hydrogens (tertiary/aromatic N) is 1. The first-order valence-electron chi connectivity index (χ1n) is 8.88. The van der Waals surface area contributed by atoms with E-state index in [2.05, 4.69) is 13.5 Å². The molecule has 0 unspecified atom stereocenters. The van der Waals surface area contributed by atoms with Crippen LogP contribution in [0.4, 0.5) is 0 Å². The Balaban J connectivity index is 0.000000161. The maximum absolute atomic E-state index is 10.9. The van der Waals surface area contributed by atoms with E-state index in [1.165, 1.54) is 50.7 Å². The van der Waals surface area contributed by atoms with E-state index in [-0.39, 0.29) is 0 Å². The third-order valence-electron chi connectivity index (χ3n) is 4.76. The summed E-state index contributed by atoms with van der Waals surface area (Å²) in [5.74, 6) is 1.76. The summed E-state index contributed by atoms with van der Waals surface area (Å²) >= 11 is 0. The largest absolute Gasteiger partial charge is 0.299 e. The summed E-state index contributed by atoms with van der Waals surface area (Å²) in [7, 11) is 0. The fourth-order valence-corrected chi connectivity index (χ4v) is 2.96. The normalized spacial score (nSPS) is 23.2. The number of carbonyl (C=O) groups is 1. The molecule has 0 aromatic heterocycles. The second-order valence-corrected chi connectivity index (χ2v) is 6.90. The van der Waals surface area contributed by atoms with Gasteiger partial charge in [0.1, 0.15) is 5.78 Å². The Morgan fingerprint density at radius 1 is 1.05 bits per heavy atom. The molecule has 0 bridgehead atoms. The van der Waals surface area contributed by atoms with Crippen LogP contribution < -0.4 is 0 Å². The van der Waals surface area contributed by atoms with Crippen molar-refractivity contribution in [2.45, 2.75) is 83.6 Å². The standard InChI is InChI=1S/C11H19N.C8H12O/c1-9(10-7-8-10)12-11-5-3-2-4-6-11;1-2-3-4-8(9)7-5-6-7/h10-11H,2-8H2,1H3;2,7H,1,3-6H2. The lowest BCUT2D eigenvalue weighted by molar-refractivity contribution is -0.120. The van der Waals surface area contributed by atoms with Crippen molar-refractivity contribution < 1.29 is 4.79 Å². The number of hydrogen-bond acceptors (Lipinski definition) is 2. The summed E-state index contributed by atoms with van der Waals surface area (Å²) in [6.45, 7) is 5.79. The predicted octanol–water partition coefficient (Wildman–Crippen LogP) is 5.12. The van der Waals surface area contributed by atoms with Crippen molar-refractivity contribution in [3.05, 3.63) is 12.7 Å². The van der Waals surface area contributed by atoms with Crippen molar-refractivity contribution in [3.63, 3.8) is 0 Å². The summed E-state index contributed by atoms with van der Waals surface area (Å²) in [5, 5.41) is 0. The molecule has 0 saturated heterocycles. The summed E-state index contributed by atoms with van der Waals surface area (Å²) in [5.41, 5.74) is 1.45. The van der Waals surface area contributed by atoms with Gasteiger partial charge >= 0.3 is 0 Å². The van der Waals surface area contributed by atoms with Crippen molar-refractivity contribution in [1.29, 1.82) is 0 Å². The smallest absolute Gasteiger partial charge is 0.136 e. The quantitative estimate of drug-likeness (QED) is 0.493. The van der Waals surface area contributed by atoms with Crippen molar-refractivity contribution in [2.75, 3.05) is 0 Å². The SMILES string of the molecule is C=CCCC(=O)C1CC1.CC(=NC1CCCCC1)C1CC1. The number of hydrogen-bond donors (Lipinski definition) is 0. The van der Waals surface area contributed by atoms with Gasteiger partial charge in [0.15, 0.2) is 0 Å². The third-order valence-corrected chi connectivity index (χ3v) is 4.76. The molecular weight excluding hydrogens is 258 g/mol. The van der Waals surface area contributed by atoms with Crippen LogP contribution in [0.5, 0.6) is 0 Å². The molecule has 118 valence electrons. The minimum Gasteiger partial charge on any atom is -0.299 e. The highest BCUT2D eigenvalue weighted by atomic mass is 16.1. The van der Waals surface area contributed by atoms with E-state index in [0.29, 0.717) is 24.2 Å². The number of aliphatic imine (C=N–C) groups is 1. The molecule has 0 amide bonds. The van der Waals surface area contributed by atoms with E-state index in [1.807, 2.05) is 0 Å². The molecule has 3 rings (SSSR count). The lowest BCUT2D eigenvalue weighted by Gasteiger charge is -2.18. The Labute approximate surface area is 130 Å². The molecule has 0 heterocycles.